The van der Waals surface area contributed by atoms with E-state index in [0.717, 1.165) is 32.1 Å². The molecule has 0 spiro atoms. The zero-order chi connectivity index (χ0) is 13.8. The third-order valence-corrected chi connectivity index (χ3v) is 4.49. The summed E-state index contributed by atoms with van der Waals surface area (Å²) in [6.07, 6.45) is 4.91. The van der Waals surface area contributed by atoms with Crippen molar-refractivity contribution in [2.75, 3.05) is 0 Å². The molecule has 0 amide bonds. The Labute approximate surface area is 115 Å². The summed E-state index contributed by atoms with van der Waals surface area (Å²) < 4.78 is 0. The lowest BCUT2D eigenvalue weighted by Crippen LogP contribution is -2.31. The van der Waals surface area contributed by atoms with Crippen LogP contribution in [0.5, 0.6) is 0 Å². The van der Waals surface area contributed by atoms with E-state index in [-0.39, 0.29) is 5.92 Å². The molecule has 1 saturated carbocycles. The number of benzene rings is 1. The molecule has 3 atom stereocenters. The molecule has 1 aliphatic rings. The molecule has 0 saturated heterocycles. The average molecular weight is 260 g/mol. The van der Waals surface area contributed by atoms with Gasteiger partial charge in [-0.1, -0.05) is 38.1 Å². The lowest BCUT2D eigenvalue weighted by atomic mass is 9.72. The summed E-state index contributed by atoms with van der Waals surface area (Å²) in [5.74, 6) is 0.202. The van der Waals surface area contributed by atoms with Gasteiger partial charge in [-0.3, -0.25) is 4.79 Å². The molecule has 0 heterocycles. The van der Waals surface area contributed by atoms with Gasteiger partial charge in [-0.25, -0.2) is 0 Å². The maximum Gasteiger partial charge on any atom is 0.306 e. The van der Waals surface area contributed by atoms with Gasteiger partial charge in [0.15, 0.2) is 0 Å². The maximum atomic E-state index is 11.4. The second-order valence-electron chi connectivity index (χ2n) is 6.00. The SMILES string of the molecule is CCc1ccc(CC2CC(C)CCC2C(=O)O)cc1. The third-order valence-electron chi connectivity index (χ3n) is 4.49. The zero-order valence-corrected chi connectivity index (χ0v) is 11.9. The van der Waals surface area contributed by atoms with Crippen molar-refractivity contribution in [1.29, 1.82) is 0 Å². The van der Waals surface area contributed by atoms with Crippen LogP contribution in [0.2, 0.25) is 0 Å². The fraction of sp³-hybridized carbons (Fsp3) is 0.588. The van der Waals surface area contributed by atoms with Crippen molar-refractivity contribution >= 4 is 5.97 Å². The molecule has 1 N–H and O–H groups in total. The summed E-state index contributed by atoms with van der Waals surface area (Å²) >= 11 is 0. The second-order valence-corrected chi connectivity index (χ2v) is 6.00. The molecule has 0 aromatic heterocycles. The molecule has 1 aliphatic carbocycles. The summed E-state index contributed by atoms with van der Waals surface area (Å²) in [7, 11) is 0. The fourth-order valence-electron chi connectivity index (χ4n) is 3.26. The first-order valence-electron chi connectivity index (χ1n) is 7.40. The van der Waals surface area contributed by atoms with E-state index < -0.39 is 5.97 Å². The normalized spacial score (nSPS) is 27.2. The largest absolute Gasteiger partial charge is 0.481 e. The van der Waals surface area contributed by atoms with E-state index in [0.29, 0.717) is 11.8 Å². The summed E-state index contributed by atoms with van der Waals surface area (Å²) in [5, 5.41) is 9.36. The van der Waals surface area contributed by atoms with E-state index in [4.69, 9.17) is 0 Å². The van der Waals surface area contributed by atoms with Gasteiger partial charge in [0.1, 0.15) is 0 Å². The van der Waals surface area contributed by atoms with Crippen molar-refractivity contribution in [3.8, 4) is 0 Å². The molecule has 1 aromatic carbocycles. The van der Waals surface area contributed by atoms with Gasteiger partial charge in [-0.05, 0) is 55.1 Å². The number of carboxylic acids is 1. The van der Waals surface area contributed by atoms with Gasteiger partial charge in [0.25, 0.3) is 0 Å². The van der Waals surface area contributed by atoms with Crippen LogP contribution in [0, 0.1) is 17.8 Å². The maximum absolute atomic E-state index is 11.4. The van der Waals surface area contributed by atoms with Crippen LogP contribution in [-0.4, -0.2) is 11.1 Å². The van der Waals surface area contributed by atoms with E-state index in [1.165, 1.54) is 11.1 Å². The number of hydrogen-bond donors (Lipinski definition) is 1. The van der Waals surface area contributed by atoms with Crippen molar-refractivity contribution in [2.45, 2.75) is 46.0 Å². The summed E-state index contributed by atoms with van der Waals surface area (Å²) in [6, 6.07) is 8.66. The van der Waals surface area contributed by atoms with E-state index >= 15 is 0 Å². The zero-order valence-electron chi connectivity index (χ0n) is 11.9. The van der Waals surface area contributed by atoms with E-state index in [1.807, 2.05) is 0 Å². The van der Waals surface area contributed by atoms with Crippen LogP contribution in [-0.2, 0) is 17.6 Å². The molecular weight excluding hydrogens is 236 g/mol. The quantitative estimate of drug-likeness (QED) is 0.890. The first-order chi connectivity index (χ1) is 9.10. The standard InChI is InChI=1S/C17H24O2/c1-3-13-5-7-14(8-6-13)11-15-10-12(2)4-9-16(15)17(18)19/h5-8,12,15-16H,3-4,9-11H2,1-2H3,(H,18,19). The lowest BCUT2D eigenvalue weighted by molar-refractivity contribution is -0.145. The van der Waals surface area contributed by atoms with Crippen LogP contribution < -0.4 is 0 Å². The molecule has 2 heteroatoms. The van der Waals surface area contributed by atoms with Crippen LogP contribution in [0.15, 0.2) is 24.3 Å². The molecule has 3 unspecified atom stereocenters. The Morgan fingerprint density at radius 1 is 1.21 bits per heavy atom. The molecule has 1 fully saturated rings. The Balaban J connectivity index is 2.07. The van der Waals surface area contributed by atoms with Gasteiger partial charge in [-0.2, -0.15) is 0 Å². The van der Waals surface area contributed by atoms with E-state index in [1.54, 1.807) is 0 Å². The van der Waals surface area contributed by atoms with Crippen LogP contribution in [0.4, 0.5) is 0 Å². The van der Waals surface area contributed by atoms with Crippen molar-refractivity contribution < 1.29 is 9.90 Å². The van der Waals surface area contributed by atoms with Gasteiger partial charge in [0.2, 0.25) is 0 Å². The second kappa shape index (κ2) is 6.23. The molecule has 0 radical (unpaired) electrons. The van der Waals surface area contributed by atoms with Crippen LogP contribution >= 0.6 is 0 Å². The van der Waals surface area contributed by atoms with Gasteiger partial charge in [0, 0.05) is 0 Å². The molecule has 1 aromatic rings. The summed E-state index contributed by atoms with van der Waals surface area (Å²) in [6.45, 7) is 4.39. The highest BCUT2D eigenvalue weighted by Crippen LogP contribution is 2.36. The van der Waals surface area contributed by atoms with Crippen molar-refractivity contribution in [2.24, 2.45) is 17.8 Å². The number of aliphatic carboxylic acids is 1. The third kappa shape index (κ3) is 3.59. The van der Waals surface area contributed by atoms with Crippen LogP contribution in [0.25, 0.3) is 0 Å². The van der Waals surface area contributed by atoms with Gasteiger partial charge in [0.05, 0.1) is 5.92 Å². The van der Waals surface area contributed by atoms with Gasteiger partial charge in [-0.15, -0.1) is 0 Å². The summed E-state index contributed by atoms with van der Waals surface area (Å²) in [4.78, 5) is 11.4. The molecule has 2 rings (SSSR count). The Kier molecular flexibility index (Phi) is 4.62. The Morgan fingerprint density at radius 3 is 2.42 bits per heavy atom. The highest BCUT2D eigenvalue weighted by Gasteiger charge is 2.33. The minimum atomic E-state index is -0.609. The lowest BCUT2D eigenvalue weighted by Gasteiger charge is -2.32. The van der Waals surface area contributed by atoms with E-state index in [2.05, 4.69) is 38.1 Å². The molecule has 104 valence electrons. The highest BCUT2D eigenvalue weighted by atomic mass is 16.4. The number of carboxylic acid groups (broad SMARTS) is 1. The topological polar surface area (TPSA) is 37.3 Å². The molecular formula is C17H24O2. The average Bonchev–Trinajstić information content (AvgIpc) is 2.39. The Morgan fingerprint density at radius 2 is 1.84 bits per heavy atom. The number of hydrogen-bond acceptors (Lipinski definition) is 1. The molecule has 2 nitrogen and oxygen atoms in total. The highest BCUT2D eigenvalue weighted by molar-refractivity contribution is 5.70. The van der Waals surface area contributed by atoms with Crippen molar-refractivity contribution in [1.82, 2.24) is 0 Å². The Bertz CT molecular complexity index is 421. The first kappa shape index (κ1) is 14.1. The predicted molar refractivity (Wildman–Crippen MR) is 77.2 cm³/mol. The number of carbonyl (C=O) groups is 1. The van der Waals surface area contributed by atoms with Gasteiger partial charge >= 0.3 is 5.97 Å². The smallest absolute Gasteiger partial charge is 0.306 e. The minimum absolute atomic E-state index is 0.151. The minimum Gasteiger partial charge on any atom is -0.481 e. The fourth-order valence-corrected chi connectivity index (χ4v) is 3.26. The van der Waals surface area contributed by atoms with Crippen molar-refractivity contribution in [3.05, 3.63) is 35.4 Å². The van der Waals surface area contributed by atoms with E-state index in [9.17, 15) is 9.90 Å². The monoisotopic (exact) mass is 260 g/mol. The van der Waals surface area contributed by atoms with Gasteiger partial charge < -0.3 is 5.11 Å². The summed E-state index contributed by atoms with van der Waals surface area (Å²) in [5.41, 5.74) is 2.62. The van der Waals surface area contributed by atoms with Crippen LogP contribution in [0.3, 0.4) is 0 Å². The number of rotatable bonds is 4. The predicted octanol–water partition coefficient (Wildman–Crippen LogP) is 3.93. The Hall–Kier alpha value is -1.31. The number of aryl methyl sites for hydroxylation is 1. The first-order valence-corrected chi connectivity index (χ1v) is 7.40. The van der Waals surface area contributed by atoms with Crippen molar-refractivity contribution in [3.63, 3.8) is 0 Å². The molecule has 0 bridgehead atoms. The van der Waals surface area contributed by atoms with Crippen LogP contribution in [0.1, 0.15) is 44.2 Å². The molecule has 0 aliphatic heterocycles. The molecule has 19 heavy (non-hydrogen) atoms.